The minimum Gasteiger partial charge on any atom is -0.273 e. The van der Waals surface area contributed by atoms with Crippen LogP contribution in [0.25, 0.3) is 5.69 Å². The van der Waals surface area contributed by atoms with Crippen LogP contribution in [0.3, 0.4) is 0 Å². The van der Waals surface area contributed by atoms with Gasteiger partial charge in [-0.2, -0.15) is 26.3 Å². The number of benzene rings is 2. The summed E-state index contributed by atoms with van der Waals surface area (Å²) in [5, 5.41) is 2.38. The summed E-state index contributed by atoms with van der Waals surface area (Å²) in [7, 11) is 0. The van der Waals surface area contributed by atoms with Crippen LogP contribution in [0.15, 0.2) is 58.1 Å². The molecule has 2 aromatic carbocycles. The molecule has 178 valence electrons. The van der Waals surface area contributed by atoms with Gasteiger partial charge in [0.15, 0.2) is 0 Å². The molecule has 0 saturated heterocycles. The quantitative estimate of drug-likeness (QED) is 0.467. The highest BCUT2D eigenvalue weighted by Crippen LogP contribution is 2.48. The number of rotatable bonds is 2. The Morgan fingerprint density at radius 2 is 1.50 bits per heavy atom. The summed E-state index contributed by atoms with van der Waals surface area (Å²) in [6.45, 7) is 0. The minimum absolute atomic E-state index is 0.137. The molecule has 0 radical (unpaired) electrons. The van der Waals surface area contributed by atoms with Gasteiger partial charge < -0.3 is 0 Å². The van der Waals surface area contributed by atoms with Crippen LogP contribution in [0.2, 0.25) is 5.02 Å². The average Bonchev–Trinajstić information content (AvgIpc) is 2.73. The van der Waals surface area contributed by atoms with Gasteiger partial charge in [-0.15, -0.1) is 0 Å². The molecule has 0 bridgehead atoms. The Morgan fingerprint density at radius 1 is 0.912 bits per heavy atom. The van der Waals surface area contributed by atoms with Crippen molar-refractivity contribution in [2.24, 2.45) is 0 Å². The van der Waals surface area contributed by atoms with Crippen LogP contribution < -0.4 is 21.6 Å². The fourth-order valence-corrected chi connectivity index (χ4v) is 3.74. The highest BCUT2D eigenvalue weighted by atomic mass is 35.5. The standard InChI is InChI=1S/C20H10ClF7N4O2/c21-10-7-5-9(6-8-10)14-29-15-13(18(31-14,19(23,24)25)20(26,27)28)16(33)30-17(34)32(15)12-4-2-1-3-11(12)22/h1-8H,(H,29,31)(H,30,33,34)/p+1. The summed E-state index contributed by atoms with van der Waals surface area (Å²) in [6.07, 6.45) is -12.3. The van der Waals surface area contributed by atoms with Gasteiger partial charge in [0, 0.05) is 5.02 Å². The molecule has 4 rings (SSSR count). The summed E-state index contributed by atoms with van der Waals surface area (Å²) in [5.74, 6) is -3.21. The van der Waals surface area contributed by atoms with Gasteiger partial charge in [0.1, 0.15) is 11.4 Å². The van der Waals surface area contributed by atoms with Crippen molar-refractivity contribution in [3.05, 3.63) is 91.3 Å². The maximum Gasteiger partial charge on any atom is 0.446 e. The van der Waals surface area contributed by atoms with Crippen LogP contribution in [-0.2, 0) is 5.54 Å². The Kier molecular flexibility index (Phi) is 5.35. The second-order valence-corrected chi connectivity index (χ2v) is 7.58. The molecule has 34 heavy (non-hydrogen) atoms. The first kappa shape index (κ1) is 23.5. The summed E-state index contributed by atoms with van der Waals surface area (Å²) in [5.41, 5.74) is -11.2. The van der Waals surface area contributed by atoms with Gasteiger partial charge in [0.25, 0.3) is 11.4 Å². The average molecular weight is 508 g/mol. The van der Waals surface area contributed by atoms with Crippen LogP contribution >= 0.6 is 11.6 Å². The zero-order valence-electron chi connectivity index (χ0n) is 16.4. The van der Waals surface area contributed by atoms with Gasteiger partial charge in [-0.25, -0.2) is 24.1 Å². The predicted molar refractivity (Wildman–Crippen MR) is 107 cm³/mol. The number of para-hydroxylation sites is 1. The van der Waals surface area contributed by atoms with E-state index in [2.05, 4.69) is 5.32 Å². The van der Waals surface area contributed by atoms with E-state index in [0.29, 0.717) is 0 Å². The van der Waals surface area contributed by atoms with Crippen LogP contribution in [-0.4, -0.2) is 27.7 Å². The molecular weight excluding hydrogens is 497 g/mol. The van der Waals surface area contributed by atoms with Gasteiger partial charge >= 0.3 is 23.6 Å². The molecule has 0 unspecified atom stereocenters. The lowest BCUT2D eigenvalue weighted by Crippen LogP contribution is -2.97. The number of anilines is 1. The number of aromatic nitrogens is 2. The number of nitrogens with zero attached hydrogens (tertiary/aromatic N) is 1. The topological polar surface area (TPSA) is 80.9 Å². The van der Waals surface area contributed by atoms with E-state index in [9.17, 15) is 40.3 Å². The van der Waals surface area contributed by atoms with E-state index in [0.717, 1.165) is 24.3 Å². The highest BCUT2D eigenvalue weighted by molar-refractivity contribution is 6.30. The molecule has 0 amide bonds. The summed E-state index contributed by atoms with van der Waals surface area (Å²) in [6, 6.07) is 8.80. The van der Waals surface area contributed by atoms with E-state index in [4.69, 9.17) is 11.6 Å². The summed E-state index contributed by atoms with van der Waals surface area (Å²) >= 11 is 5.75. The molecule has 1 aromatic heterocycles. The van der Waals surface area contributed by atoms with E-state index in [1.165, 1.54) is 34.2 Å². The fourth-order valence-electron chi connectivity index (χ4n) is 3.61. The Balaban J connectivity index is 2.20. The number of hydrogen-bond acceptors (Lipinski definition) is 3. The minimum atomic E-state index is -6.13. The lowest BCUT2D eigenvalue weighted by Gasteiger charge is -2.35. The second-order valence-electron chi connectivity index (χ2n) is 7.15. The van der Waals surface area contributed by atoms with Crippen molar-refractivity contribution in [1.29, 1.82) is 0 Å². The van der Waals surface area contributed by atoms with E-state index >= 15 is 0 Å². The number of hydrogen-bond donors (Lipinski definition) is 3. The SMILES string of the molecule is O=c1[nH]c(=O)n(-c2ccccc2F)c2c1C(C(F)(F)F)(C(F)(F)F)[NH+]=C(c1ccc(Cl)cc1)N2. The molecule has 0 spiro atoms. The molecule has 1 aliphatic heterocycles. The number of aromatic amines is 1. The maximum absolute atomic E-state index is 14.5. The van der Waals surface area contributed by atoms with Crippen molar-refractivity contribution in [2.45, 2.75) is 17.9 Å². The molecule has 14 heteroatoms. The van der Waals surface area contributed by atoms with E-state index in [1.54, 1.807) is 0 Å². The molecule has 3 N–H and O–H groups in total. The van der Waals surface area contributed by atoms with E-state index in [1.807, 2.05) is 0 Å². The lowest BCUT2D eigenvalue weighted by atomic mass is 9.87. The molecular formula is C20H11ClF7N4O2+. The molecule has 1 aliphatic rings. The molecule has 3 aromatic rings. The zero-order chi connectivity index (χ0) is 25.1. The number of halogens is 8. The molecule has 0 aliphatic carbocycles. The van der Waals surface area contributed by atoms with Gasteiger partial charge in [0.2, 0.25) is 5.82 Å². The third-order valence-electron chi connectivity index (χ3n) is 5.12. The van der Waals surface area contributed by atoms with Gasteiger partial charge in [-0.05, 0) is 36.4 Å². The normalized spacial score (nSPS) is 15.4. The van der Waals surface area contributed by atoms with Crippen molar-refractivity contribution in [3.8, 4) is 5.69 Å². The Labute approximate surface area is 189 Å². The Hall–Kier alpha value is -3.61. The van der Waals surface area contributed by atoms with E-state index in [-0.39, 0.29) is 15.2 Å². The molecule has 0 saturated carbocycles. The number of fused-ring (bicyclic) bond motifs is 1. The Morgan fingerprint density at radius 3 is 2.06 bits per heavy atom. The van der Waals surface area contributed by atoms with Crippen molar-refractivity contribution in [1.82, 2.24) is 9.55 Å². The number of amidine groups is 1. The van der Waals surface area contributed by atoms with Crippen LogP contribution in [0.4, 0.5) is 36.6 Å². The van der Waals surface area contributed by atoms with Crippen LogP contribution in [0.5, 0.6) is 0 Å². The lowest BCUT2D eigenvalue weighted by molar-refractivity contribution is -0.658. The largest absolute Gasteiger partial charge is 0.446 e. The highest BCUT2D eigenvalue weighted by Gasteiger charge is 2.78. The van der Waals surface area contributed by atoms with E-state index < -0.39 is 57.9 Å². The van der Waals surface area contributed by atoms with Crippen LogP contribution in [0.1, 0.15) is 11.1 Å². The Bertz CT molecular complexity index is 1410. The monoisotopic (exact) mass is 507 g/mol. The van der Waals surface area contributed by atoms with Crippen molar-refractivity contribution in [2.75, 3.05) is 5.32 Å². The van der Waals surface area contributed by atoms with Gasteiger partial charge in [-0.3, -0.25) is 9.78 Å². The molecule has 2 heterocycles. The first-order valence-corrected chi connectivity index (χ1v) is 9.62. The first-order valence-electron chi connectivity index (χ1n) is 9.24. The third-order valence-corrected chi connectivity index (χ3v) is 5.37. The summed E-state index contributed by atoms with van der Waals surface area (Å²) < 4.78 is 100. The molecule has 6 nitrogen and oxygen atoms in total. The zero-order valence-corrected chi connectivity index (χ0v) is 17.2. The summed E-state index contributed by atoms with van der Waals surface area (Å²) in [4.78, 5) is 27.8. The number of alkyl halides is 6. The number of H-pyrrole nitrogens is 1. The fraction of sp³-hybridized carbons (Fsp3) is 0.150. The van der Waals surface area contributed by atoms with Crippen LogP contribution in [0, 0.1) is 5.82 Å². The van der Waals surface area contributed by atoms with Gasteiger partial charge in [0.05, 0.1) is 11.3 Å². The van der Waals surface area contributed by atoms with Crippen molar-refractivity contribution in [3.63, 3.8) is 0 Å². The first-order chi connectivity index (χ1) is 15.8. The second kappa shape index (κ2) is 7.72. The number of nitrogens with one attached hydrogen (secondary N) is 3. The molecule has 0 fully saturated rings. The van der Waals surface area contributed by atoms with Gasteiger partial charge in [-0.1, -0.05) is 23.7 Å². The third kappa shape index (κ3) is 3.47. The predicted octanol–water partition coefficient (Wildman–Crippen LogP) is 2.59. The van der Waals surface area contributed by atoms with Crippen molar-refractivity contribution < 1.29 is 35.7 Å². The maximum atomic E-state index is 14.5. The smallest absolute Gasteiger partial charge is 0.273 e. The van der Waals surface area contributed by atoms with Crippen molar-refractivity contribution >= 4 is 23.3 Å². The molecule has 0 atom stereocenters.